The Morgan fingerprint density at radius 1 is 1.45 bits per heavy atom. The zero-order valence-electron chi connectivity index (χ0n) is 7.09. The molecule has 1 aliphatic rings. The van der Waals surface area contributed by atoms with Crippen LogP contribution in [0.25, 0.3) is 0 Å². The molecule has 0 N–H and O–H groups in total. The van der Waals surface area contributed by atoms with E-state index in [4.69, 9.17) is 0 Å². The van der Waals surface area contributed by atoms with Crippen LogP contribution >= 0.6 is 11.8 Å². The van der Waals surface area contributed by atoms with E-state index in [1.54, 1.807) is 0 Å². The minimum Gasteiger partial charge on any atom is -0.591 e. The van der Waals surface area contributed by atoms with E-state index in [0.717, 1.165) is 17.2 Å². The smallest absolute Gasteiger partial charge is 0.144 e. The van der Waals surface area contributed by atoms with Crippen LogP contribution in [-0.2, 0) is 11.4 Å². The SMILES string of the molecule is CC(C)(C)[S+]([O-])N=C1CSC1. The first-order chi connectivity index (χ1) is 5.00. The first-order valence-electron chi connectivity index (χ1n) is 3.56. The predicted octanol–water partition coefficient (Wildman–Crippen LogP) is 1.64. The Morgan fingerprint density at radius 2 is 2.00 bits per heavy atom. The maximum Gasteiger partial charge on any atom is 0.144 e. The van der Waals surface area contributed by atoms with Gasteiger partial charge in [-0.25, -0.2) is 0 Å². The van der Waals surface area contributed by atoms with Gasteiger partial charge in [0, 0.05) is 11.5 Å². The van der Waals surface area contributed by atoms with Gasteiger partial charge in [-0.2, -0.15) is 0 Å². The average molecular weight is 191 g/mol. The quantitative estimate of drug-likeness (QED) is 0.591. The minimum absolute atomic E-state index is 0.201. The average Bonchev–Trinajstić information content (AvgIpc) is 1.75. The van der Waals surface area contributed by atoms with E-state index in [9.17, 15) is 4.55 Å². The monoisotopic (exact) mass is 191 g/mol. The van der Waals surface area contributed by atoms with Crippen molar-refractivity contribution in [3.8, 4) is 0 Å². The van der Waals surface area contributed by atoms with E-state index in [-0.39, 0.29) is 4.75 Å². The van der Waals surface area contributed by atoms with Crippen LogP contribution in [-0.4, -0.2) is 26.5 Å². The third-order valence-electron chi connectivity index (χ3n) is 1.27. The van der Waals surface area contributed by atoms with Crippen LogP contribution in [0.2, 0.25) is 0 Å². The van der Waals surface area contributed by atoms with E-state index in [2.05, 4.69) is 4.40 Å². The van der Waals surface area contributed by atoms with Gasteiger partial charge in [-0.15, -0.1) is 11.8 Å². The maximum absolute atomic E-state index is 11.4. The molecule has 4 heteroatoms. The standard InChI is InChI=1S/C7H13NOS2/c1-7(2,3)11(9)8-6-4-10-5-6/h4-5H2,1-3H3. The zero-order valence-corrected chi connectivity index (χ0v) is 8.72. The molecule has 11 heavy (non-hydrogen) atoms. The molecule has 1 fully saturated rings. The van der Waals surface area contributed by atoms with Gasteiger partial charge in [0.25, 0.3) is 0 Å². The van der Waals surface area contributed by atoms with Crippen molar-refractivity contribution < 1.29 is 4.55 Å². The number of rotatable bonds is 1. The summed E-state index contributed by atoms with van der Waals surface area (Å²) in [6.45, 7) is 5.83. The van der Waals surface area contributed by atoms with Gasteiger partial charge in [-0.05, 0) is 20.8 Å². The second-order valence-corrected chi connectivity index (χ2v) is 6.40. The first-order valence-corrected chi connectivity index (χ1v) is 5.82. The van der Waals surface area contributed by atoms with E-state index in [0.29, 0.717) is 0 Å². The number of hydrogen-bond donors (Lipinski definition) is 0. The molecule has 64 valence electrons. The van der Waals surface area contributed by atoms with Gasteiger partial charge in [-0.3, -0.25) is 0 Å². The molecule has 1 aliphatic heterocycles. The summed E-state index contributed by atoms with van der Waals surface area (Å²) in [6.07, 6.45) is 0. The molecule has 0 saturated carbocycles. The van der Waals surface area contributed by atoms with Gasteiger partial charge in [0.1, 0.15) is 16.1 Å². The van der Waals surface area contributed by atoms with Crippen molar-refractivity contribution in [2.24, 2.45) is 4.40 Å². The van der Waals surface area contributed by atoms with Crippen LogP contribution in [0.15, 0.2) is 4.40 Å². The second-order valence-electron chi connectivity index (χ2n) is 3.51. The summed E-state index contributed by atoms with van der Waals surface area (Å²) in [4.78, 5) is 0. The third kappa shape index (κ3) is 2.69. The summed E-state index contributed by atoms with van der Waals surface area (Å²) in [6, 6.07) is 0. The molecule has 1 rings (SSSR count). The van der Waals surface area contributed by atoms with Crippen LogP contribution in [0.4, 0.5) is 0 Å². The molecule has 0 aromatic carbocycles. The highest BCUT2D eigenvalue weighted by Gasteiger charge is 2.28. The highest BCUT2D eigenvalue weighted by molar-refractivity contribution is 8.03. The lowest BCUT2D eigenvalue weighted by Gasteiger charge is -2.21. The molecule has 0 spiro atoms. The topological polar surface area (TPSA) is 35.4 Å². The van der Waals surface area contributed by atoms with Crippen LogP contribution < -0.4 is 0 Å². The van der Waals surface area contributed by atoms with Crippen LogP contribution in [0.1, 0.15) is 20.8 Å². The summed E-state index contributed by atoms with van der Waals surface area (Å²) in [5, 5.41) is 0. The minimum atomic E-state index is -1.04. The van der Waals surface area contributed by atoms with Gasteiger partial charge >= 0.3 is 0 Å². The van der Waals surface area contributed by atoms with Crippen molar-refractivity contribution in [1.82, 2.24) is 0 Å². The molecule has 1 heterocycles. The van der Waals surface area contributed by atoms with Gasteiger partial charge in [-0.1, -0.05) is 4.40 Å². The van der Waals surface area contributed by atoms with Gasteiger partial charge < -0.3 is 4.55 Å². The summed E-state index contributed by atoms with van der Waals surface area (Å²) >= 11 is 0.791. The Hall–Kier alpha value is 0.330. The second kappa shape index (κ2) is 3.37. The summed E-state index contributed by atoms with van der Waals surface area (Å²) in [7, 11) is 0. The Kier molecular flexibility index (Phi) is 2.89. The fraction of sp³-hybridized carbons (Fsp3) is 0.857. The highest BCUT2D eigenvalue weighted by atomic mass is 32.2. The molecule has 1 saturated heterocycles. The molecule has 0 amide bonds. The Balaban J connectivity index is 2.48. The van der Waals surface area contributed by atoms with Crippen LogP contribution in [0.3, 0.4) is 0 Å². The van der Waals surface area contributed by atoms with E-state index >= 15 is 0 Å². The highest BCUT2D eigenvalue weighted by Crippen LogP contribution is 2.21. The first kappa shape index (κ1) is 9.42. The number of hydrogen-bond acceptors (Lipinski definition) is 3. The molecule has 1 unspecified atom stereocenters. The van der Waals surface area contributed by atoms with Gasteiger partial charge in [0.15, 0.2) is 0 Å². The maximum atomic E-state index is 11.4. The normalized spacial score (nSPS) is 20.9. The van der Waals surface area contributed by atoms with E-state index < -0.39 is 11.4 Å². The Morgan fingerprint density at radius 3 is 2.27 bits per heavy atom. The van der Waals surface area contributed by atoms with Crippen molar-refractivity contribution >= 4 is 28.8 Å². The molecule has 0 bridgehead atoms. The fourth-order valence-electron chi connectivity index (χ4n) is 0.500. The third-order valence-corrected chi connectivity index (χ3v) is 3.82. The molecule has 2 nitrogen and oxygen atoms in total. The van der Waals surface area contributed by atoms with Crippen molar-refractivity contribution in [1.29, 1.82) is 0 Å². The summed E-state index contributed by atoms with van der Waals surface area (Å²) in [5.41, 5.74) is 1.10. The van der Waals surface area contributed by atoms with Crippen molar-refractivity contribution in [2.75, 3.05) is 11.5 Å². The lowest BCUT2D eigenvalue weighted by Crippen LogP contribution is -2.29. The molecular formula is C7H13NOS2. The summed E-state index contributed by atoms with van der Waals surface area (Å²) in [5.74, 6) is 1.95. The predicted molar refractivity (Wildman–Crippen MR) is 52.7 cm³/mol. The van der Waals surface area contributed by atoms with E-state index in [1.165, 1.54) is 0 Å². The fourth-order valence-corrected chi connectivity index (χ4v) is 1.82. The van der Waals surface area contributed by atoms with Crippen LogP contribution in [0, 0.1) is 0 Å². The van der Waals surface area contributed by atoms with Gasteiger partial charge in [0.2, 0.25) is 0 Å². The molecule has 1 atom stereocenters. The van der Waals surface area contributed by atoms with Crippen LogP contribution in [0.5, 0.6) is 0 Å². The number of nitrogens with zero attached hydrogens (tertiary/aromatic N) is 1. The molecule has 0 aromatic heterocycles. The lowest BCUT2D eigenvalue weighted by atomic mass is 10.3. The molecular weight excluding hydrogens is 178 g/mol. The number of thioether (sulfide) groups is 1. The van der Waals surface area contributed by atoms with Crippen molar-refractivity contribution in [3.05, 3.63) is 0 Å². The Labute approximate surface area is 75.2 Å². The Bertz CT molecular complexity index is 168. The summed E-state index contributed by atoms with van der Waals surface area (Å²) < 4.78 is 15.3. The molecule has 0 aliphatic carbocycles. The van der Waals surface area contributed by atoms with E-state index in [1.807, 2.05) is 32.5 Å². The van der Waals surface area contributed by atoms with Gasteiger partial charge in [0.05, 0.1) is 5.71 Å². The van der Waals surface area contributed by atoms with Crippen molar-refractivity contribution in [3.63, 3.8) is 0 Å². The zero-order chi connectivity index (χ0) is 8.48. The molecule has 0 radical (unpaired) electrons. The van der Waals surface area contributed by atoms with Crippen molar-refractivity contribution in [2.45, 2.75) is 25.5 Å². The molecule has 0 aromatic rings. The lowest BCUT2D eigenvalue weighted by molar-refractivity contribution is 0.561. The largest absolute Gasteiger partial charge is 0.591 e.